The van der Waals surface area contributed by atoms with Gasteiger partial charge in [0.1, 0.15) is 0 Å². The first-order valence-electron chi connectivity index (χ1n) is 5.83. The van der Waals surface area contributed by atoms with Gasteiger partial charge in [-0.1, -0.05) is 46.5 Å². The van der Waals surface area contributed by atoms with Crippen molar-refractivity contribution in [3.05, 3.63) is 0 Å². The molecule has 1 rings (SSSR count). The molecule has 0 bridgehead atoms. The number of rotatable bonds is 6. The van der Waals surface area contributed by atoms with Crippen molar-refractivity contribution < 1.29 is 0 Å². The minimum absolute atomic E-state index is 0.479. The molecule has 2 atom stereocenters. The summed E-state index contributed by atoms with van der Waals surface area (Å²) >= 11 is 0. The van der Waals surface area contributed by atoms with Crippen LogP contribution in [-0.4, -0.2) is 6.04 Å². The zero-order valence-electron chi connectivity index (χ0n) is 9.47. The molecule has 1 fully saturated rings. The van der Waals surface area contributed by atoms with Gasteiger partial charge in [-0.2, -0.15) is 0 Å². The van der Waals surface area contributed by atoms with E-state index in [-0.39, 0.29) is 0 Å². The molecular formula is C12H25N. The first-order chi connectivity index (χ1) is 6.08. The van der Waals surface area contributed by atoms with Gasteiger partial charge in [0.2, 0.25) is 0 Å². The third kappa shape index (κ3) is 3.30. The van der Waals surface area contributed by atoms with E-state index < -0.39 is 0 Å². The average Bonchev–Trinajstić information content (AvgIpc) is 2.69. The normalized spacial score (nSPS) is 27.2. The molecule has 1 aliphatic carbocycles. The Labute approximate surface area is 83.1 Å². The van der Waals surface area contributed by atoms with E-state index >= 15 is 0 Å². The lowest BCUT2D eigenvalue weighted by molar-refractivity contribution is 0.440. The monoisotopic (exact) mass is 183 g/mol. The second kappa shape index (κ2) is 4.45. The van der Waals surface area contributed by atoms with Crippen molar-refractivity contribution in [2.45, 2.75) is 65.3 Å². The summed E-state index contributed by atoms with van der Waals surface area (Å²) in [7, 11) is 0. The molecule has 0 radical (unpaired) electrons. The molecule has 1 nitrogen and oxygen atoms in total. The molecule has 0 aromatic carbocycles. The van der Waals surface area contributed by atoms with E-state index in [1.165, 1.54) is 38.5 Å². The highest BCUT2D eigenvalue weighted by Gasteiger charge is 2.48. The summed E-state index contributed by atoms with van der Waals surface area (Å²) in [6, 6.07) is 0.479. The zero-order valence-corrected chi connectivity index (χ0v) is 9.47. The first-order valence-corrected chi connectivity index (χ1v) is 5.83. The number of hydrogen-bond donors (Lipinski definition) is 1. The van der Waals surface area contributed by atoms with E-state index in [1.807, 2.05) is 0 Å². The van der Waals surface area contributed by atoms with E-state index in [9.17, 15) is 0 Å². The van der Waals surface area contributed by atoms with Gasteiger partial charge < -0.3 is 5.73 Å². The van der Waals surface area contributed by atoms with Crippen molar-refractivity contribution in [3.8, 4) is 0 Å². The molecule has 0 aromatic heterocycles. The van der Waals surface area contributed by atoms with E-state index in [0.29, 0.717) is 11.5 Å². The smallest absolute Gasteiger partial charge is 0.00724 e. The van der Waals surface area contributed by atoms with Crippen LogP contribution in [0.25, 0.3) is 0 Å². The first kappa shape index (κ1) is 11.0. The minimum Gasteiger partial charge on any atom is -0.327 e. The molecule has 2 unspecified atom stereocenters. The fraction of sp³-hybridized carbons (Fsp3) is 1.00. The number of unbranched alkanes of at least 4 members (excludes halogenated alkanes) is 3. The molecule has 0 saturated heterocycles. The SMILES string of the molecule is CCCCCCC(N)C1CC1(C)C. The maximum absolute atomic E-state index is 6.14. The summed E-state index contributed by atoms with van der Waals surface area (Å²) in [5, 5.41) is 0. The van der Waals surface area contributed by atoms with E-state index in [1.54, 1.807) is 0 Å². The van der Waals surface area contributed by atoms with Crippen LogP contribution in [0.3, 0.4) is 0 Å². The Kier molecular flexibility index (Phi) is 3.78. The average molecular weight is 183 g/mol. The zero-order chi connectivity index (χ0) is 9.90. The van der Waals surface area contributed by atoms with E-state index in [4.69, 9.17) is 5.73 Å². The van der Waals surface area contributed by atoms with Crippen LogP contribution in [0.4, 0.5) is 0 Å². The standard InChI is InChI=1S/C12H25N/c1-4-5-6-7-8-11(13)10-9-12(10,2)3/h10-11H,4-9,13H2,1-3H3. The third-order valence-electron chi connectivity index (χ3n) is 3.50. The van der Waals surface area contributed by atoms with Gasteiger partial charge in [-0.15, -0.1) is 0 Å². The van der Waals surface area contributed by atoms with Crippen LogP contribution in [0.15, 0.2) is 0 Å². The van der Waals surface area contributed by atoms with Gasteiger partial charge in [0.25, 0.3) is 0 Å². The summed E-state index contributed by atoms with van der Waals surface area (Å²) in [6.45, 7) is 6.93. The van der Waals surface area contributed by atoms with Gasteiger partial charge in [-0.3, -0.25) is 0 Å². The highest BCUT2D eigenvalue weighted by Crippen LogP contribution is 2.53. The maximum Gasteiger partial charge on any atom is 0.00724 e. The van der Waals surface area contributed by atoms with Crippen molar-refractivity contribution in [1.82, 2.24) is 0 Å². The van der Waals surface area contributed by atoms with Crippen molar-refractivity contribution in [1.29, 1.82) is 0 Å². The van der Waals surface area contributed by atoms with Gasteiger partial charge in [0.15, 0.2) is 0 Å². The molecule has 0 aliphatic heterocycles. The van der Waals surface area contributed by atoms with Gasteiger partial charge in [0, 0.05) is 6.04 Å². The summed E-state index contributed by atoms with van der Waals surface area (Å²) in [5.41, 5.74) is 6.70. The molecule has 0 aromatic rings. The Morgan fingerprint density at radius 3 is 2.38 bits per heavy atom. The Hall–Kier alpha value is -0.0400. The lowest BCUT2D eigenvalue weighted by Gasteiger charge is -2.12. The van der Waals surface area contributed by atoms with Crippen LogP contribution in [0.1, 0.15) is 59.3 Å². The number of nitrogens with two attached hydrogens (primary N) is 1. The highest BCUT2D eigenvalue weighted by atomic mass is 14.7. The maximum atomic E-state index is 6.14. The molecule has 2 N–H and O–H groups in total. The largest absolute Gasteiger partial charge is 0.327 e. The summed E-state index contributed by atoms with van der Waals surface area (Å²) in [4.78, 5) is 0. The van der Waals surface area contributed by atoms with Crippen molar-refractivity contribution in [2.75, 3.05) is 0 Å². The van der Waals surface area contributed by atoms with Crippen LogP contribution in [0.5, 0.6) is 0 Å². The predicted molar refractivity (Wildman–Crippen MR) is 58.6 cm³/mol. The fourth-order valence-electron chi connectivity index (χ4n) is 2.25. The molecule has 0 heterocycles. The molecule has 13 heavy (non-hydrogen) atoms. The topological polar surface area (TPSA) is 26.0 Å². The lowest BCUT2D eigenvalue weighted by Crippen LogP contribution is -2.24. The Balaban J connectivity index is 2.03. The quantitative estimate of drug-likeness (QED) is 0.628. The van der Waals surface area contributed by atoms with Gasteiger partial charge in [-0.05, 0) is 24.2 Å². The molecular weight excluding hydrogens is 158 g/mol. The van der Waals surface area contributed by atoms with Crippen LogP contribution < -0.4 is 5.73 Å². The van der Waals surface area contributed by atoms with Crippen molar-refractivity contribution in [3.63, 3.8) is 0 Å². The molecule has 1 heteroatoms. The Bertz CT molecular complexity index is 151. The summed E-state index contributed by atoms with van der Waals surface area (Å²) in [6.07, 6.45) is 8.00. The van der Waals surface area contributed by atoms with Crippen LogP contribution in [-0.2, 0) is 0 Å². The van der Waals surface area contributed by atoms with Crippen LogP contribution >= 0.6 is 0 Å². The molecule has 1 aliphatic rings. The molecule has 0 spiro atoms. The second-order valence-corrected chi connectivity index (χ2v) is 5.31. The minimum atomic E-state index is 0.479. The van der Waals surface area contributed by atoms with Gasteiger partial charge in [-0.25, -0.2) is 0 Å². The van der Waals surface area contributed by atoms with E-state index in [2.05, 4.69) is 20.8 Å². The summed E-state index contributed by atoms with van der Waals surface area (Å²) in [5.74, 6) is 0.814. The van der Waals surface area contributed by atoms with Gasteiger partial charge >= 0.3 is 0 Å². The number of hydrogen-bond acceptors (Lipinski definition) is 1. The Morgan fingerprint density at radius 1 is 1.31 bits per heavy atom. The second-order valence-electron chi connectivity index (χ2n) is 5.31. The third-order valence-corrected chi connectivity index (χ3v) is 3.50. The fourth-order valence-corrected chi connectivity index (χ4v) is 2.25. The molecule has 0 amide bonds. The van der Waals surface area contributed by atoms with Crippen molar-refractivity contribution >= 4 is 0 Å². The lowest BCUT2D eigenvalue weighted by atomic mass is 9.99. The Morgan fingerprint density at radius 2 is 1.92 bits per heavy atom. The van der Waals surface area contributed by atoms with E-state index in [0.717, 1.165) is 5.92 Å². The van der Waals surface area contributed by atoms with Crippen LogP contribution in [0.2, 0.25) is 0 Å². The van der Waals surface area contributed by atoms with Crippen molar-refractivity contribution in [2.24, 2.45) is 17.1 Å². The molecule has 1 saturated carbocycles. The highest BCUT2D eigenvalue weighted by molar-refractivity contribution is 5.00. The molecule has 78 valence electrons. The predicted octanol–water partition coefficient (Wildman–Crippen LogP) is 3.33. The summed E-state index contributed by atoms with van der Waals surface area (Å²) < 4.78 is 0. The van der Waals surface area contributed by atoms with Gasteiger partial charge in [0.05, 0.1) is 0 Å². The van der Waals surface area contributed by atoms with Crippen LogP contribution in [0, 0.1) is 11.3 Å².